The molecule has 1 aliphatic heterocycles. The van der Waals surface area contributed by atoms with Gasteiger partial charge in [0.25, 0.3) is 0 Å². The van der Waals surface area contributed by atoms with Crippen molar-refractivity contribution in [2.45, 2.75) is 38.6 Å². The van der Waals surface area contributed by atoms with Gasteiger partial charge in [-0.2, -0.15) is 0 Å². The van der Waals surface area contributed by atoms with Gasteiger partial charge in [0.15, 0.2) is 0 Å². The van der Waals surface area contributed by atoms with E-state index in [-0.39, 0.29) is 0 Å². The van der Waals surface area contributed by atoms with Crippen LogP contribution in [-0.4, -0.2) is 31.1 Å². The Morgan fingerprint density at radius 2 is 1.77 bits per heavy atom. The first kappa shape index (κ1) is 15.5. The first-order chi connectivity index (χ1) is 10.9. The molecule has 1 atom stereocenters. The summed E-state index contributed by atoms with van der Waals surface area (Å²) >= 11 is 0. The van der Waals surface area contributed by atoms with Gasteiger partial charge in [-0.25, -0.2) is 0 Å². The maximum atomic E-state index is 3.48. The number of hydrogen-bond donors (Lipinski definition) is 1. The summed E-state index contributed by atoms with van der Waals surface area (Å²) in [4.78, 5) is 2.68. The average molecular weight is 296 g/mol. The second-order valence-corrected chi connectivity index (χ2v) is 6.40. The van der Waals surface area contributed by atoms with E-state index >= 15 is 0 Å². The molecule has 22 heavy (non-hydrogen) atoms. The Balaban J connectivity index is 1.84. The lowest BCUT2D eigenvalue weighted by Gasteiger charge is -2.35. The SMILES string of the molecule is CCCCC[C@@H](c1ccc2ccccc2c1)N1CCNCC1. The summed E-state index contributed by atoms with van der Waals surface area (Å²) in [6.45, 7) is 6.87. The normalized spacial score (nSPS) is 17.7. The molecule has 2 heteroatoms. The van der Waals surface area contributed by atoms with Crippen LogP contribution in [0.4, 0.5) is 0 Å². The Hall–Kier alpha value is -1.38. The number of nitrogens with zero attached hydrogens (tertiary/aromatic N) is 1. The minimum Gasteiger partial charge on any atom is -0.314 e. The fraction of sp³-hybridized carbons (Fsp3) is 0.500. The molecule has 0 radical (unpaired) electrons. The van der Waals surface area contributed by atoms with Gasteiger partial charge in [-0.15, -0.1) is 0 Å². The van der Waals surface area contributed by atoms with E-state index in [9.17, 15) is 0 Å². The van der Waals surface area contributed by atoms with Gasteiger partial charge >= 0.3 is 0 Å². The van der Waals surface area contributed by atoms with Crippen molar-refractivity contribution in [2.24, 2.45) is 0 Å². The lowest BCUT2D eigenvalue weighted by molar-refractivity contribution is 0.163. The molecule has 0 unspecified atom stereocenters. The molecule has 1 fully saturated rings. The molecule has 0 saturated carbocycles. The Morgan fingerprint density at radius 3 is 2.55 bits per heavy atom. The molecule has 0 spiro atoms. The minimum absolute atomic E-state index is 0.582. The molecule has 3 rings (SSSR count). The van der Waals surface area contributed by atoms with Crippen LogP contribution >= 0.6 is 0 Å². The van der Waals surface area contributed by atoms with Crippen LogP contribution < -0.4 is 5.32 Å². The zero-order valence-electron chi connectivity index (χ0n) is 13.7. The van der Waals surface area contributed by atoms with Gasteiger partial charge < -0.3 is 5.32 Å². The van der Waals surface area contributed by atoms with E-state index in [4.69, 9.17) is 0 Å². The molecule has 1 heterocycles. The van der Waals surface area contributed by atoms with Crippen LogP contribution in [0.2, 0.25) is 0 Å². The summed E-state index contributed by atoms with van der Waals surface area (Å²) in [6, 6.07) is 16.3. The molecular formula is C20H28N2. The van der Waals surface area contributed by atoms with E-state index in [2.05, 4.69) is 59.6 Å². The molecule has 1 aliphatic rings. The Morgan fingerprint density at radius 1 is 1.00 bits per heavy atom. The number of fused-ring (bicyclic) bond motifs is 1. The van der Waals surface area contributed by atoms with E-state index in [1.54, 1.807) is 0 Å². The molecule has 2 nitrogen and oxygen atoms in total. The molecule has 2 aromatic rings. The predicted molar refractivity (Wildman–Crippen MR) is 95.3 cm³/mol. The van der Waals surface area contributed by atoms with Gasteiger partial charge in [-0.1, -0.05) is 62.6 Å². The summed E-state index contributed by atoms with van der Waals surface area (Å²) < 4.78 is 0. The van der Waals surface area contributed by atoms with Crippen molar-refractivity contribution in [3.05, 3.63) is 48.0 Å². The largest absolute Gasteiger partial charge is 0.314 e. The molecule has 2 aromatic carbocycles. The van der Waals surface area contributed by atoms with E-state index in [0.29, 0.717) is 6.04 Å². The first-order valence-electron chi connectivity index (χ1n) is 8.82. The van der Waals surface area contributed by atoms with Gasteiger partial charge in [0, 0.05) is 32.2 Å². The first-order valence-corrected chi connectivity index (χ1v) is 8.82. The number of rotatable bonds is 6. The quantitative estimate of drug-likeness (QED) is 0.796. The Labute approximate surface area is 134 Å². The van der Waals surface area contributed by atoms with Crippen LogP contribution in [0, 0.1) is 0 Å². The summed E-state index contributed by atoms with van der Waals surface area (Å²) in [6.07, 6.45) is 5.26. The second-order valence-electron chi connectivity index (χ2n) is 6.40. The van der Waals surface area contributed by atoms with Crippen LogP contribution in [-0.2, 0) is 0 Å². The lowest BCUT2D eigenvalue weighted by atomic mass is 9.96. The maximum Gasteiger partial charge on any atom is 0.0349 e. The van der Waals surface area contributed by atoms with Crippen LogP contribution in [0.25, 0.3) is 10.8 Å². The standard InChI is InChI=1S/C20H28N2/c1-2-3-4-9-20(22-14-12-21-13-15-22)19-11-10-17-7-5-6-8-18(17)16-19/h5-8,10-11,16,20-21H,2-4,9,12-15H2,1H3/t20-/m0/s1. The van der Waals surface area contributed by atoms with Crippen molar-refractivity contribution in [3.8, 4) is 0 Å². The molecule has 0 aliphatic carbocycles. The summed E-state index contributed by atoms with van der Waals surface area (Å²) in [5.74, 6) is 0. The topological polar surface area (TPSA) is 15.3 Å². The van der Waals surface area contributed by atoms with Crippen LogP contribution in [0.3, 0.4) is 0 Å². The number of benzene rings is 2. The number of hydrogen-bond acceptors (Lipinski definition) is 2. The van der Waals surface area contributed by atoms with Crippen molar-refractivity contribution < 1.29 is 0 Å². The van der Waals surface area contributed by atoms with E-state index < -0.39 is 0 Å². The van der Waals surface area contributed by atoms with Crippen molar-refractivity contribution in [3.63, 3.8) is 0 Å². The fourth-order valence-corrected chi connectivity index (χ4v) is 3.56. The zero-order chi connectivity index (χ0) is 15.2. The van der Waals surface area contributed by atoms with Gasteiger partial charge in [-0.3, -0.25) is 4.90 Å². The zero-order valence-corrected chi connectivity index (χ0v) is 13.7. The summed E-state index contributed by atoms with van der Waals surface area (Å²) in [7, 11) is 0. The maximum absolute atomic E-state index is 3.48. The highest BCUT2D eigenvalue weighted by molar-refractivity contribution is 5.83. The van der Waals surface area contributed by atoms with E-state index in [1.165, 1.54) is 55.1 Å². The van der Waals surface area contributed by atoms with E-state index in [1.807, 2.05) is 0 Å². The number of nitrogens with one attached hydrogen (secondary N) is 1. The molecule has 118 valence electrons. The molecule has 1 N–H and O–H groups in total. The smallest absolute Gasteiger partial charge is 0.0349 e. The highest BCUT2D eigenvalue weighted by Gasteiger charge is 2.21. The van der Waals surface area contributed by atoms with Crippen LogP contribution in [0.1, 0.15) is 44.2 Å². The molecular weight excluding hydrogens is 268 g/mol. The Kier molecular flexibility index (Phi) is 5.47. The third-order valence-electron chi connectivity index (χ3n) is 4.83. The summed E-state index contributed by atoms with van der Waals surface area (Å²) in [5.41, 5.74) is 1.50. The fourth-order valence-electron chi connectivity index (χ4n) is 3.56. The highest BCUT2D eigenvalue weighted by atomic mass is 15.2. The minimum atomic E-state index is 0.582. The second kappa shape index (κ2) is 7.75. The third-order valence-corrected chi connectivity index (χ3v) is 4.83. The van der Waals surface area contributed by atoms with Gasteiger partial charge in [0.1, 0.15) is 0 Å². The predicted octanol–water partition coefficient (Wildman–Crippen LogP) is 4.37. The lowest BCUT2D eigenvalue weighted by Crippen LogP contribution is -2.45. The molecule has 1 saturated heterocycles. The van der Waals surface area contributed by atoms with Crippen LogP contribution in [0.5, 0.6) is 0 Å². The van der Waals surface area contributed by atoms with E-state index in [0.717, 1.165) is 13.1 Å². The molecule has 0 amide bonds. The Bertz CT molecular complexity index is 587. The molecule has 0 bridgehead atoms. The third kappa shape index (κ3) is 3.68. The summed E-state index contributed by atoms with van der Waals surface area (Å²) in [5, 5.41) is 6.19. The molecule has 0 aromatic heterocycles. The van der Waals surface area contributed by atoms with Crippen molar-refractivity contribution in [2.75, 3.05) is 26.2 Å². The van der Waals surface area contributed by atoms with Gasteiger partial charge in [0.05, 0.1) is 0 Å². The number of piperazine rings is 1. The van der Waals surface area contributed by atoms with Crippen molar-refractivity contribution in [1.82, 2.24) is 10.2 Å². The highest BCUT2D eigenvalue weighted by Crippen LogP contribution is 2.29. The van der Waals surface area contributed by atoms with Gasteiger partial charge in [-0.05, 0) is 28.8 Å². The van der Waals surface area contributed by atoms with Gasteiger partial charge in [0.2, 0.25) is 0 Å². The monoisotopic (exact) mass is 296 g/mol. The average Bonchev–Trinajstić information content (AvgIpc) is 2.59. The number of unbranched alkanes of at least 4 members (excludes halogenated alkanes) is 2. The van der Waals surface area contributed by atoms with Crippen molar-refractivity contribution >= 4 is 10.8 Å². The van der Waals surface area contributed by atoms with Crippen LogP contribution in [0.15, 0.2) is 42.5 Å². The van der Waals surface area contributed by atoms with Crippen molar-refractivity contribution in [1.29, 1.82) is 0 Å².